The first kappa shape index (κ1) is 39.9. The van der Waals surface area contributed by atoms with Crippen LogP contribution in [0.1, 0.15) is 24.2 Å². The number of benzene rings is 2. The van der Waals surface area contributed by atoms with Crippen molar-refractivity contribution in [3.8, 4) is 34.5 Å². The molecule has 0 aromatic heterocycles. The highest BCUT2D eigenvalue weighted by Gasteiger charge is 2.49. The van der Waals surface area contributed by atoms with E-state index in [2.05, 4.69) is 4.74 Å². The van der Waals surface area contributed by atoms with Crippen LogP contribution in [0.2, 0.25) is 0 Å². The molecule has 54 heavy (non-hydrogen) atoms. The number of fused-ring (bicyclic) bond motifs is 1. The number of aliphatic hydroxyl groups is 11. The molecule has 2 aromatic rings. The topological polar surface area (TPSA) is 351 Å². The summed E-state index contributed by atoms with van der Waals surface area (Å²) in [7, 11) is 0. The summed E-state index contributed by atoms with van der Waals surface area (Å²) in [6.45, 7) is 0.0334. The van der Waals surface area contributed by atoms with E-state index in [0.29, 0.717) is 0 Å². The minimum atomic E-state index is -1.96. The summed E-state index contributed by atoms with van der Waals surface area (Å²) in [6, 6.07) is 4.29. The van der Waals surface area contributed by atoms with Crippen LogP contribution in [-0.2, 0) is 23.7 Å². The Morgan fingerprint density at radius 3 is 1.81 bits per heavy atom. The van der Waals surface area contributed by atoms with E-state index in [1.54, 1.807) is 0 Å². The van der Waals surface area contributed by atoms with Crippen molar-refractivity contribution in [1.29, 1.82) is 0 Å². The van der Waals surface area contributed by atoms with Crippen LogP contribution in [0.5, 0.6) is 34.5 Å². The van der Waals surface area contributed by atoms with E-state index in [4.69, 9.17) is 28.4 Å². The smallest absolute Gasteiger partial charge is 0.270 e. The molecule has 21 nitrogen and oxygen atoms in total. The predicted molar refractivity (Wildman–Crippen MR) is 172 cm³/mol. The molecular weight excluding hydrogens is 732 g/mol. The Bertz CT molecular complexity index is 1650. The monoisotopic (exact) mass is 775 g/mol. The summed E-state index contributed by atoms with van der Waals surface area (Å²) in [5.41, 5.74) is -0.0178. The van der Waals surface area contributed by atoms with E-state index in [0.717, 1.165) is 18.2 Å². The zero-order valence-corrected chi connectivity index (χ0v) is 28.2. The van der Waals surface area contributed by atoms with Crippen molar-refractivity contribution in [2.45, 2.75) is 105 Å². The van der Waals surface area contributed by atoms with Crippen LogP contribution in [0.15, 0.2) is 30.0 Å². The van der Waals surface area contributed by atoms with Gasteiger partial charge in [-0.15, -0.1) is 0 Å². The number of phenols is 4. The van der Waals surface area contributed by atoms with Gasteiger partial charge in [0.25, 0.3) is 11.9 Å². The number of hydrogen-bond acceptors (Lipinski definition) is 20. The summed E-state index contributed by atoms with van der Waals surface area (Å²) < 4.78 is 38.5. The molecule has 0 radical (unpaired) electrons. The van der Waals surface area contributed by atoms with E-state index >= 15 is 0 Å². The SMILES string of the molecule is C[C@H]1O[C@@H](OC[C@H]2O[C@@H](OC3=Cc4c(O[C@@H]5O[C@@H](CO)[C@@H](O)[C@H](O)[C@H]5O)cc(O)cc4[OH+]C3c3cc(O)c(O)c(O)c3)[C@H](O)[C@H](O)[C@@H]2O)[C@H](O)[C@@H](O)[C@H]1O. The minimum absolute atomic E-state index is 0.00676. The molecule has 0 aliphatic carbocycles. The lowest BCUT2D eigenvalue weighted by atomic mass is 9.98. The zero-order chi connectivity index (χ0) is 39.3. The van der Waals surface area contributed by atoms with Gasteiger partial charge in [-0.1, -0.05) is 0 Å². The van der Waals surface area contributed by atoms with Gasteiger partial charge in [-0.3, -0.25) is 0 Å². The first-order chi connectivity index (χ1) is 25.5. The molecule has 4 aliphatic heterocycles. The van der Waals surface area contributed by atoms with Crippen LogP contribution in [0, 0.1) is 0 Å². The average molecular weight is 776 g/mol. The first-order valence-corrected chi connectivity index (χ1v) is 16.7. The summed E-state index contributed by atoms with van der Waals surface area (Å²) in [6.07, 6.45) is -24.8. The Hall–Kier alpha value is -3.78. The van der Waals surface area contributed by atoms with Crippen LogP contribution in [0.3, 0.4) is 0 Å². The first-order valence-electron chi connectivity index (χ1n) is 16.7. The maximum Gasteiger partial charge on any atom is 0.270 e. The molecule has 15 N–H and O–H groups in total. The van der Waals surface area contributed by atoms with Gasteiger partial charge >= 0.3 is 0 Å². The lowest BCUT2D eigenvalue weighted by Gasteiger charge is -2.42. The summed E-state index contributed by atoms with van der Waals surface area (Å²) in [4.78, 5) is 0. The Morgan fingerprint density at radius 1 is 0.630 bits per heavy atom. The molecular formula is C33H43O21+. The van der Waals surface area contributed by atoms with Gasteiger partial charge in [0.2, 0.25) is 12.6 Å². The van der Waals surface area contributed by atoms with Crippen molar-refractivity contribution >= 4 is 6.08 Å². The van der Waals surface area contributed by atoms with Gasteiger partial charge in [0.05, 0.1) is 30.9 Å². The summed E-state index contributed by atoms with van der Waals surface area (Å²) >= 11 is 0. The van der Waals surface area contributed by atoms with Gasteiger partial charge in [0.15, 0.2) is 29.3 Å². The van der Waals surface area contributed by atoms with Crippen LogP contribution >= 0.6 is 0 Å². The van der Waals surface area contributed by atoms with Crippen molar-refractivity contribution in [3.05, 3.63) is 41.2 Å². The molecule has 21 heteroatoms. The van der Waals surface area contributed by atoms with Crippen molar-refractivity contribution in [2.75, 3.05) is 13.2 Å². The third-order valence-corrected chi connectivity index (χ3v) is 9.58. The molecule has 3 fully saturated rings. The lowest BCUT2D eigenvalue weighted by Crippen LogP contribution is -2.61. The second kappa shape index (κ2) is 15.8. The number of aromatic hydroxyl groups is 5. The summed E-state index contributed by atoms with van der Waals surface area (Å²) in [5, 5.41) is 145. The van der Waals surface area contributed by atoms with Crippen molar-refractivity contribution in [2.24, 2.45) is 0 Å². The molecule has 2 aromatic carbocycles. The minimum Gasteiger partial charge on any atom is -0.571 e. The fraction of sp³-hybridized carbons (Fsp3) is 0.576. The molecule has 0 bridgehead atoms. The Kier molecular flexibility index (Phi) is 11.6. The number of phenolic OH excluding ortho intramolecular Hbond substituents is 4. The third kappa shape index (κ3) is 7.56. The molecule has 16 atom stereocenters. The van der Waals surface area contributed by atoms with E-state index in [9.17, 15) is 71.5 Å². The molecule has 0 saturated carbocycles. The highest BCUT2D eigenvalue weighted by molar-refractivity contribution is 5.70. The highest BCUT2D eigenvalue weighted by atomic mass is 16.7. The predicted octanol–water partition coefficient (Wildman–Crippen LogP) is -4.31. The average Bonchev–Trinajstić information content (AvgIpc) is 3.14. The van der Waals surface area contributed by atoms with E-state index < -0.39 is 134 Å². The zero-order valence-electron chi connectivity index (χ0n) is 28.2. The number of hydrogen-bond donors (Lipinski definition) is 14. The third-order valence-electron chi connectivity index (χ3n) is 9.58. The molecule has 1 unspecified atom stereocenters. The maximum absolute atomic E-state index is 11.0. The normalized spacial score (nSPS) is 39.6. The standard InChI is InChI=1S/C33H42O21/c1-9-20(38)24(42)27(45)31(49-9)48-8-19-23(41)26(44)29(47)33(54-19)52-17-6-12-15(50-30(17)10-2-13(36)21(39)14(37)3-10)4-11(35)5-16(12)51-32-28(46)25(43)22(40)18(7-34)53-32/h2-6,9,18-20,22-47H,7-8H2,1H3/p+1/t9-,18+,19-,20+,22-,23-,24+,25+,26-,27-,28-,29-,30?,31-,32-,33-/m1/s1. The van der Waals surface area contributed by atoms with Gasteiger partial charge in [0, 0.05) is 12.1 Å². The number of rotatable bonds is 9. The molecule has 0 spiro atoms. The molecule has 300 valence electrons. The van der Waals surface area contributed by atoms with Gasteiger partial charge in [-0.25, -0.2) is 0 Å². The molecule has 4 aliphatic rings. The van der Waals surface area contributed by atoms with Crippen molar-refractivity contribution in [3.63, 3.8) is 0 Å². The fourth-order valence-electron chi connectivity index (χ4n) is 6.41. The Balaban J connectivity index is 1.32. The maximum atomic E-state index is 11.0. The van der Waals surface area contributed by atoms with E-state index in [-0.39, 0.29) is 28.4 Å². The van der Waals surface area contributed by atoms with Crippen LogP contribution in [0.4, 0.5) is 0 Å². The highest BCUT2D eigenvalue weighted by Crippen LogP contribution is 2.48. The van der Waals surface area contributed by atoms with Crippen LogP contribution < -0.4 is 4.74 Å². The van der Waals surface area contributed by atoms with Crippen LogP contribution in [0.25, 0.3) is 6.08 Å². The lowest BCUT2D eigenvalue weighted by molar-refractivity contribution is -0.325. The van der Waals surface area contributed by atoms with Gasteiger partial charge in [0.1, 0.15) is 84.2 Å². The van der Waals surface area contributed by atoms with E-state index in [1.165, 1.54) is 19.1 Å². The summed E-state index contributed by atoms with van der Waals surface area (Å²) in [5.74, 6) is -3.37. The number of ether oxygens (including phenoxy) is 7. The quantitative estimate of drug-likeness (QED) is 0.0846. The molecule has 6 rings (SSSR count). The molecule has 4 heterocycles. The van der Waals surface area contributed by atoms with Gasteiger partial charge in [-0.05, 0) is 19.1 Å². The number of aliphatic hydroxyl groups excluding tert-OH is 10. The van der Waals surface area contributed by atoms with Crippen molar-refractivity contribution in [1.82, 2.24) is 0 Å². The second-order valence-corrected chi connectivity index (χ2v) is 13.3. The fourth-order valence-corrected chi connectivity index (χ4v) is 6.41. The molecule has 0 amide bonds. The Labute approximate surface area is 304 Å². The van der Waals surface area contributed by atoms with Gasteiger partial charge in [-0.2, -0.15) is 0 Å². The van der Waals surface area contributed by atoms with Crippen LogP contribution in [-0.4, -0.2) is 182 Å². The van der Waals surface area contributed by atoms with Gasteiger partial charge < -0.3 is 105 Å². The second-order valence-electron chi connectivity index (χ2n) is 13.3. The molecule has 3 saturated heterocycles. The van der Waals surface area contributed by atoms with E-state index in [1.807, 2.05) is 0 Å². The van der Waals surface area contributed by atoms with Crippen molar-refractivity contribution < 1.29 is 105 Å². The Morgan fingerprint density at radius 2 is 1.19 bits per heavy atom. The largest absolute Gasteiger partial charge is 0.571 e.